The van der Waals surface area contributed by atoms with Crippen LogP contribution in [0.15, 0.2) is 24.5 Å². The molecule has 1 N–H and O–H groups in total. The standard InChI is InChI=1S/C12H12ClF2N3/c1-16-11(12-17-3-4-18(12)2)7-5-10(15)8(13)6-9(7)14/h3-6,11,16H,1-2H3. The van der Waals surface area contributed by atoms with Crippen LogP contribution in [0.4, 0.5) is 8.78 Å². The number of aromatic nitrogens is 2. The summed E-state index contributed by atoms with van der Waals surface area (Å²) in [6.07, 6.45) is 3.34. The van der Waals surface area contributed by atoms with Gasteiger partial charge in [-0.15, -0.1) is 0 Å². The largest absolute Gasteiger partial charge is 0.336 e. The first-order valence-corrected chi connectivity index (χ1v) is 5.71. The molecule has 0 saturated carbocycles. The van der Waals surface area contributed by atoms with Gasteiger partial charge < -0.3 is 9.88 Å². The van der Waals surface area contributed by atoms with Crippen molar-refractivity contribution in [3.8, 4) is 0 Å². The van der Waals surface area contributed by atoms with Crippen molar-refractivity contribution in [2.75, 3.05) is 7.05 Å². The third kappa shape index (κ3) is 2.23. The van der Waals surface area contributed by atoms with Gasteiger partial charge in [0.05, 0.1) is 11.1 Å². The molecule has 1 heterocycles. The maximum absolute atomic E-state index is 13.9. The zero-order valence-corrected chi connectivity index (χ0v) is 10.7. The molecule has 0 spiro atoms. The van der Waals surface area contributed by atoms with E-state index in [1.54, 1.807) is 31.1 Å². The quantitative estimate of drug-likeness (QED) is 0.870. The summed E-state index contributed by atoms with van der Waals surface area (Å²) in [6, 6.07) is 1.53. The molecule has 0 aliphatic heterocycles. The summed E-state index contributed by atoms with van der Waals surface area (Å²) in [5.74, 6) is -0.621. The predicted molar refractivity (Wildman–Crippen MR) is 65.5 cm³/mol. The van der Waals surface area contributed by atoms with E-state index in [2.05, 4.69) is 10.3 Å². The summed E-state index contributed by atoms with van der Waals surface area (Å²) >= 11 is 5.53. The molecule has 6 heteroatoms. The van der Waals surface area contributed by atoms with E-state index in [1.807, 2.05) is 0 Å². The first kappa shape index (κ1) is 13.0. The van der Waals surface area contributed by atoms with Crippen LogP contribution in [0, 0.1) is 11.6 Å². The average Bonchev–Trinajstić information content (AvgIpc) is 2.73. The van der Waals surface area contributed by atoms with Gasteiger partial charge in [0.15, 0.2) is 0 Å². The summed E-state index contributed by atoms with van der Waals surface area (Å²) in [5, 5.41) is 2.69. The Balaban J connectivity index is 2.52. The van der Waals surface area contributed by atoms with Gasteiger partial charge in [0.25, 0.3) is 0 Å². The highest BCUT2D eigenvalue weighted by atomic mass is 35.5. The Bertz CT molecular complexity index is 568. The van der Waals surface area contributed by atoms with Crippen LogP contribution >= 0.6 is 11.6 Å². The third-order valence-corrected chi connectivity index (χ3v) is 3.05. The van der Waals surface area contributed by atoms with Gasteiger partial charge in [-0.1, -0.05) is 11.6 Å². The SMILES string of the molecule is CNC(c1cc(F)c(Cl)cc1F)c1nccn1C. The second kappa shape index (κ2) is 5.04. The van der Waals surface area contributed by atoms with Crippen molar-refractivity contribution in [2.24, 2.45) is 7.05 Å². The normalized spacial score (nSPS) is 12.7. The summed E-state index contributed by atoms with van der Waals surface area (Å²) in [4.78, 5) is 4.13. The summed E-state index contributed by atoms with van der Waals surface area (Å²) in [5.41, 5.74) is 0.175. The van der Waals surface area contributed by atoms with Crippen LogP contribution in [0.25, 0.3) is 0 Å². The van der Waals surface area contributed by atoms with Crippen molar-refractivity contribution in [1.82, 2.24) is 14.9 Å². The van der Waals surface area contributed by atoms with E-state index in [1.165, 1.54) is 0 Å². The summed E-state index contributed by atoms with van der Waals surface area (Å²) < 4.78 is 29.1. The number of imidazole rings is 1. The predicted octanol–water partition coefficient (Wildman–Crippen LogP) is 2.66. The molecule has 0 bridgehead atoms. The van der Waals surface area contributed by atoms with Crippen LogP contribution in [0.1, 0.15) is 17.4 Å². The Labute approximate surface area is 108 Å². The van der Waals surface area contributed by atoms with Gasteiger partial charge in [-0.25, -0.2) is 13.8 Å². The maximum atomic E-state index is 13.9. The fourth-order valence-corrected chi connectivity index (χ4v) is 1.99. The zero-order valence-electron chi connectivity index (χ0n) is 9.92. The lowest BCUT2D eigenvalue weighted by Crippen LogP contribution is -2.22. The Morgan fingerprint density at radius 1 is 1.33 bits per heavy atom. The fraction of sp³-hybridized carbons (Fsp3) is 0.250. The monoisotopic (exact) mass is 271 g/mol. The first-order valence-electron chi connectivity index (χ1n) is 5.33. The fourth-order valence-electron chi connectivity index (χ4n) is 1.84. The number of halogens is 3. The molecule has 2 aromatic rings. The first-order chi connectivity index (χ1) is 8.54. The lowest BCUT2D eigenvalue weighted by molar-refractivity contribution is 0.540. The molecular formula is C12H12ClF2N3. The Kier molecular flexibility index (Phi) is 3.63. The molecule has 1 aromatic carbocycles. The van der Waals surface area contributed by atoms with Gasteiger partial charge in [0.2, 0.25) is 0 Å². The van der Waals surface area contributed by atoms with Gasteiger partial charge in [-0.05, 0) is 19.2 Å². The van der Waals surface area contributed by atoms with Crippen molar-refractivity contribution in [1.29, 1.82) is 0 Å². The molecule has 1 aromatic heterocycles. The van der Waals surface area contributed by atoms with E-state index in [9.17, 15) is 8.78 Å². The molecule has 0 fully saturated rings. The lowest BCUT2D eigenvalue weighted by atomic mass is 10.1. The minimum atomic E-state index is -0.650. The summed E-state index contributed by atoms with van der Waals surface area (Å²) in [7, 11) is 3.45. The second-order valence-corrected chi connectivity index (χ2v) is 4.31. The molecular weight excluding hydrogens is 260 g/mol. The van der Waals surface area contributed by atoms with E-state index in [4.69, 9.17) is 11.6 Å². The highest BCUT2D eigenvalue weighted by Gasteiger charge is 2.21. The highest BCUT2D eigenvalue weighted by Crippen LogP contribution is 2.27. The molecule has 0 aliphatic carbocycles. The average molecular weight is 272 g/mol. The smallest absolute Gasteiger partial charge is 0.142 e. The number of hydrogen-bond acceptors (Lipinski definition) is 2. The molecule has 0 radical (unpaired) electrons. The van der Waals surface area contributed by atoms with Crippen molar-refractivity contribution in [3.63, 3.8) is 0 Å². The molecule has 1 unspecified atom stereocenters. The van der Waals surface area contributed by atoms with E-state index >= 15 is 0 Å². The van der Waals surface area contributed by atoms with Crippen LogP contribution in [0.3, 0.4) is 0 Å². The van der Waals surface area contributed by atoms with Crippen molar-refractivity contribution in [3.05, 3.63) is 52.6 Å². The van der Waals surface area contributed by atoms with Gasteiger partial charge in [0, 0.05) is 25.0 Å². The number of rotatable bonds is 3. The zero-order chi connectivity index (χ0) is 13.3. The molecule has 96 valence electrons. The van der Waals surface area contributed by atoms with Crippen LogP contribution in [0.5, 0.6) is 0 Å². The molecule has 1 atom stereocenters. The maximum Gasteiger partial charge on any atom is 0.142 e. The topological polar surface area (TPSA) is 29.9 Å². The lowest BCUT2D eigenvalue weighted by Gasteiger charge is -2.17. The molecule has 0 amide bonds. The van der Waals surface area contributed by atoms with E-state index in [0.29, 0.717) is 5.82 Å². The minimum absolute atomic E-state index is 0.175. The van der Waals surface area contributed by atoms with Gasteiger partial charge in [0.1, 0.15) is 17.5 Å². The highest BCUT2D eigenvalue weighted by molar-refractivity contribution is 6.30. The van der Waals surface area contributed by atoms with Crippen molar-refractivity contribution >= 4 is 11.6 Å². The van der Waals surface area contributed by atoms with Crippen LogP contribution in [0.2, 0.25) is 5.02 Å². The van der Waals surface area contributed by atoms with E-state index < -0.39 is 17.7 Å². The Morgan fingerprint density at radius 2 is 2.06 bits per heavy atom. The van der Waals surface area contributed by atoms with Crippen LogP contribution < -0.4 is 5.32 Å². The van der Waals surface area contributed by atoms with E-state index in [0.717, 1.165) is 12.1 Å². The third-order valence-electron chi connectivity index (χ3n) is 2.76. The number of hydrogen-bond donors (Lipinski definition) is 1. The molecule has 2 rings (SSSR count). The van der Waals surface area contributed by atoms with Crippen LogP contribution in [-0.4, -0.2) is 16.6 Å². The number of nitrogens with one attached hydrogen (secondary N) is 1. The summed E-state index contributed by atoms with van der Waals surface area (Å²) in [6.45, 7) is 0. The van der Waals surface area contributed by atoms with Gasteiger partial charge in [-0.3, -0.25) is 0 Å². The molecule has 3 nitrogen and oxygen atoms in total. The Hall–Kier alpha value is -1.46. The molecule has 0 aliphatic rings. The molecule has 18 heavy (non-hydrogen) atoms. The Morgan fingerprint density at radius 3 is 2.61 bits per heavy atom. The van der Waals surface area contributed by atoms with Gasteiger partial charge in [-0.2, -0.15) is 0 Å². The number of benzene rings is 1. The minimum Gasteiger partial charge on any atom is -0.336 e. The van der Waals surface area contributed by atoms with Gasteiger partial charge >= 0.3 is 0 Å². The van der Waals surface area contributed by atoms with Crippen molar-refractivity contribution < 1.29 is 8.78 Å². The van der Waals surface area contributed by atoms with Crippen molar-refractivity contribution in [2.45, 2.75) is 6.04 Å². The number of aryl methyl sites for hydroxylation is 1. The number of nitrogens with zero attached hydrogens (tertiary/aromatic N) is 2. The molecule has 0 saturated heterocycles. The van der Waals surface area contributed by atoms with E-state index in [-0.39, 0.29) is 10.6 Å². The second-order valence-electron chi connectivity index (χ2n) is 3.91. The van der Waals surface area contributed by atoms with Crippen LogP contribution in [-0.2, 0) is 7.05 Å².